The zero-order chi connectivity index (χ0) is 13.2. The number of halogens is 2. The molecule has 0 aliphatic carbocycles. The predicted molar refractivity (Wildman–Crippen MR) is 73.6 cm³/mol. The Morgan fingerprint density at radius 2 is 2.06 bits per heavy atom. The van der Waals surface area contributed by atoms with E-state index < -0.39 is 5.60 Å². The number of nitrogens with zero attached hydrogens (tertiary/aromatic N) is 1. The Bertz CT molecular complexity index is 403. The highest BCUT2D eigenvalue weighted by Gasteiger charge is 2.30. The summed E-state index contributed by atoms with van der Waals surface area (Å²) in [5, 5.41) is 10.9. The molecule has 1 saturated heterocycles. The summed E-state index contributed by atoms with van der Waals surface area (Å²) in [6.07, 6.45) is 0.805. The van der Waals surface area contributed by atoms with Crippen LogP contribution < -0.4 is 4.74 Å². The summed E-state index contributed by atoms with van der Waals surface area (Å²) in [5.74, 6) is 0.534. The maximum Gasteiger partial charge on any atom is 0.156 e. The molecule has 100 valence electrons. The zero-order valence-electron chi connectivity index (χ0n) is 10.3. The molecular weight excluding hydrogens is 273 g/mol. The van der Waals surface area contributed by atoms with Crippen LogP contribution in [-0.4, -0.2) is 41.8 Å². The van der Waals surface area contributed by atoms with E-state index in [1.165, 1.54) is 0 Å². The van der Waals surface area contributed by atoms with Crippen molar-refractivity contribution >= 4 is 23.2 Å². The molecule has 2 rings (SSSR count). The van der Waals surface area contributed by atoms with Crippen LogP contribution in [0.5, 0.6) is 5.75 Å². The van der Waals surface area contributed by atoms with Crippen LogP contribution in [0.2, 0.25) is 10.0 Å². The number of aliphatic hydroxyl groups is 1. The van der Waals surface area contributed by atoms with Gasteiger partial charge in [-0.1, -0.05) is 29.3 Å². The predicted octanol–water partition coefficient (Wildman–Crippen LogP) is 2.83. The fourth-order valence-electron chi connectivity index (χ4n) is 2.13. The molecule has 0 amide bonds. The molecule has 5 heteroatoms. The van der Waals surface area contributed by atoms with Crippen molar-refractivity contribution in [1.82, 2.24) is 4.90 Å². The molecule has 3 nitrogen and oxygen atoms in total. The zero-order valence-corrected chi connectivity index (χ0v) is 11.8. The van der Waals surface area contributed by atoms with E-state index in [1.54, 1.807) is 18.2 Å². The van der Waals surface area contributed by atoms with Gasteiger partial charge in [0.15, 0.2) is 5.75 Å². The van der Waals surface area contributed by atoms with Gasteiger partial charge in [-0.15, -0.1) is 0 Å². The first kappa shape index (κ1) is 13.9. The Hall–Kier alpha value is -0.480. The van der Waals surface area contributed by atoms with Crippen molar-refractivity contribution in [3.8, 4) is 5.75 Å². The van der Waals surface area contributed by atoms with Gasteiger partial charge < -0.3 is 9.84 Å². The van der Waals surface area contributed by atoms with Gasteiger partial charge >= 0.3 is 0 Å². The van der Waals surface area contributed by atoms with Crippen molar-refractivity contribution in [3.05, 3.63) is 28.2 Å². The van der Waals surface area contributed by atoms with Gasteiger partial charge in [-0.05, 0) is 25.5 Å². The van der Waals surface area contributed by atoms with Gasteiger partial charge in [0.05, 0.1) is 15.6 Å². The monoisotopic (exact) mass is 289 g/mol. The van der Waals surface area contributed by atoms with Crippen molar-refractivity contribution in [2.75, 3.05) is 26.2 Å². The van der Waals surface area contributed by atoms with Crippen LogP contribution >= 0.6 is 23.2 Å². The molecule has 1 aliphatic heterocycles. The first-order chi connectivity index (χ1) is 8.48. The molecule has 1 N–H and O–H groups in total. The number of hydrogen-bond donors (Lipinski definition) is 1. The van der Waals surface area contributed by atoms with Crippen LogP contribution in [0, 0.1) is 0 Å². The summed E-state index contributed by atoms with van der Waals surface area (Å²) in [5.41, 5.74) is -0.567. The maximum absolute atomic E-state index is 9.84. The Balaban J connectivity index is 1.83. The van der Waals surface area contributed by atoms with Gasteiger partial charge in [0, 0.05) is 19.6 Å². The van der Waals surface area contributed by atoms with E-state index in [4.69, 9.17) is 27.9 Å². The summed E-state index contributed by atoms with van der Waals surface area (Å²) in [7, 11) is 0. The summed E-state index contributed by atoms with van der Waals surface area (Å²) < 4.78 is 5.61. The molecule has 1 aromatic carbocycles. The molecule has 0 bridgehead atoms. The van der Waals surface area contributed by atoms with Crippen LogP contribution in [0.3, 0.4) is 0 Å². The van der Waals surface area contributed by atoms with E-state index in [0.29, 0.717) is 28.9 Å². The van der Waals surface area contributed by atoms with Crippen molar-refractivity contribution in [3.63, 3.8) is 0 Å². The molecule has 0 aromatic heterocycles. The second-order valence-electron chi connectivity index (χ2n) is 4.92. The van der Waals surface area contributed by atoms with Gasteiger partial charge in [0.2, 0.25) is 0 Å². The van der Waals surface area contributed by atoms with Gasteiger partial charge in [0.1, 0.15) is 6.61 Å². The number of hydrogen-bond acceptors (Lipinski definition) is 3. The Labute approximate surface area is 117 Å². The van der Waals surface area contributed by atoms with Gasteiger partial charge in [-0.3, -0.25) is 4.90 Å². The molecule has 1 fully saturated rings. The highest BCUT2D eigenvalue weighted by molar-refractivity contribution is 6.37. The Kier molecular flexibility index (Phi) is 4.38. The lowest BCUT2D eigenvalue weighted by atomic mass is 10.1. The lowest BCUT2D eigenvalue weighted by molar-refractivity contribution is 0.0670. The second-order valence-corrected chi connectivity index (χ2v) is 5.74. The smallest absolute Gasteiger partial charge is 0.156 e. The van der Waals surface area contributed by atoms with Crippen molar-refractivity contribution < 1.29 is 9.84 Å². The molecule has 0 saturated carbocycles. The fourth-order valence-corrected chi connectivity index (χ4v) is 2.63. The fraction of sp³-hybridized carbons (Fsp3) is 0.538. The first-order valence-corrected chi connectivity index (χ1v) is 6.75. The maximum atomic E-state index is 9.84. The topological polar surface area (TPSA) is 32.7 Å². The average molecular weight is 290 g/mol. The van der Waals surface area contributed by atoms with E-state index in [0.717, 1.165) is 19.5 Å². The molecule has 1 aromatic rings. The third-order valence-electron chi connectivity index (χ3n) is 3.10. The second kappa shape index (κ2) is 5.66. The summed E-state index contributed by atoms with van der Waals surface area (Å²) in [4.78, 5) is 2.17. The minimum absolute atomic E-state index is 0.513. The van der Waals surface area contributed by atoms with Crippen LogP contribution in [0.4, 0.5) is 0 Å². The number of para-hydroxylation sites is 1. The Morgan fingerprint density at radius 1 is 1.39 bits per heavy atom. The Morgan fingerprint density at radius 3 is 2.61 bits per heavy atom. The summed E-state index contributed by atoms with van der Waals surface area (Å²) in [6, 6.07) is 5.29. The van der Waals surface area contributed by atoms with Gasteiger partial charge in [0.25, 0.3) is 0 Å². The van der Waals surface area contributed by atoms with Crippen LogP contribution in [-0.2, 0) is 0 Å². The molecule has 1 unspecified atom stereocenters. The summed E-state index contributed by atoms with van der Waals surface area (Å²) in [6.45, 7) is 4.72. The van der Waals surface area contributed by atoms with Crippen LogP contribution in [0.1, 0.15) is 13.3 Å². The van der Waals surface area contributed by atoms with E-state index in [2.05, 4.69) is 4.90 Å². The van der Waals surface area contributed by atoms with E-state index in [-0.39, 0.29) is 0 Å². The van der Waals surface area contributed by atoms with E-state index in [9.17, 15) is 5.11 Å². The van der Waals surface area contributed by atoms with Crippen molar-refractivity contribution in [2.24, 2.45) is 0 Å². The summed E-state index contributed by atoms with van der Waals surface area (Å²) >= 11 is 12.0. The minimum Gasteiger partial charge on any atom is -0.489 e. The number of β-amino-alcohol motifs (C(OH)–C–C–N with tert-alkyl or cyclic N) is 1. The number of benzene rings is 1. The van der Waals surface area contributed by atoms with Crippen molar-refractivity contribution in [1.29, 1.82) is 0 Å². The van der Waals surface area contributed by atoms with Gasteiger partial charge in [-0.25, -0.2) is 0 Å². The highest BCUT2D eigenvalue weighted by Crippen LogP contribution is 2.32. The molecule has 0 spiro atoms. The molecule has 1 aliphatic rings. The number of rotatable bonds is 4. The third kappa shape index (κ3) is 3.51. The molecule has 18 heavy (non-hydrogen) atoms. The van der Waals surface area contributed by atoms with Crippen molar-refractivity contribution in [2.45, 2.75) is 18.9 Å². The van der Waals surface area contributed by atoms with E-state index in [1.807, 2.05) is 6.92 Å². The number of likely N-dealkylation sites (tertiary alicyclic amines) is 1. The van der Waals surface area contributed by atoms with Crippen LogP contribution in [0.25, 0.3) is 0 Å². The molecule has 1 heterocycles. The van der Waals surface area contributed by atoms with E-state index >= 15 is 0 Å². The first-order valence-electron chi connectivity index (χ1n) is 5.99. The minimum atomic E-state index is -0.567. The average Bonchev–Trinajstić information content (AvgIpc) is 2.63. The lowest BCUT2D eigenvalue weighted by Crippen LogP contribution is -2.32. The molecule has 0 radical (unpaired) electrons. The SMILES string of the molecule is CC1(O)CCN(CCOc2c(Cl)cccc2Cl)C1. The quantitative estimate of drug-likeness (QED) is 0.925. The van der Waals surface area contributed by atoms with Crippen LogP contribution in [0.15, 0.2) is 18.2 Å². The standard InChI is InChI=1S/C13H17Cl2NO2/c1-13(17)5-6-16(9-13)7-8-18-12-10(14)3-2-4-11(12)15/h2-4,17H,5-9H2,1H3. The van der Waals surface area contributed by atoms with Gasteiger partial charge in [-0.2, -0.15) is 0 Å². The molecular formula is C13H17Cl2NO2. The normalized spacial score (nSPS) is 24.4. The largest absolute Gasteiger partial charge is 0.489 e. The third-order valence-corrected chi connectivity index (χ3v) is 3.70. The highest BCUT2D eigenvalue weighted by atomic mass is 35.5. The number of ether oxygens (including phenoxy) is 1. The molecule has 1 atom stereocenters. The lowest BCUT2D eigenvalue weighted by Gasteiger charge is -2.19.